The van der Waals surface area contributed by atoms with Gasteiger partial charge in [-0.25, -0.2) is 19.9 Å². The van der Waals surface area contributed by atoms with Crippen molar-refractivity contribution in [3.63, 3.8) is 0 Å². The summed E-state index contributed by atoms with van der Waals surface area (Å²) in [5.74, 6) is 0. The lowest BCUT2D eigenvalue weighted by Gasteiger charge is -2.15. The van der Waals surface area contributed by atoms with Gasteiger partial charge in [0.05, 0.1) is 54.4 Å². The molecule has 10 nitrogen and oxygen atoms in total. The van der Waals surface area contributed by atoms with Crippen LogP contribution in [0, 0.1) is 20.2 Å². The highest BCUT2D eigenvalue weighted by molar-refractivity contribution is 5.92. The number of nitro groups is 2. The molecule has 2 heterocycles. The average Bonchev–Trinajstić information content (AvgIpc) is 3.17. The van der Waals surface area contributed by atoms with Crippen LogP contribution in [0.3, 0.4) is 0 Å². The van der Waals surface area contributed by atoms with Gasteiger partial charge in [0.25, 0.3) is 11.4 Å². The van der Waals surface area contributed by atoms with Crippen molar-refractivity contribution in [2.24, 2.45) is 0 Å². The van der Waals surface area contributed by atoms with Gasteiger partial charge in [0.15, 0.2) is 0 Å². The summed E-state index contributed by atoms with van der Waals surface area (Å²) >= 11 is 0. The van der Waals surface area contributed by atoms with E-state index in [1.54, 1.807) is 24.3 Å². The molecule has 0 amide bonds. The van der Waals surface area contributed by atoms with Crippen molar-refractivity contribution in [2.45, 2.75) is 12.8 Å². The summed E-state index contributed by atoms with van der Waals surface area (Å²) < 4.78 is 0. The zero-order valence-electron chi connectivity index (χ0n) is 26.4. The van der Waals surface area contributed by atoms with E-state index < -0.39 is 4.92 Å². The van der Waals surface area contributed by atoms with Crippen molar-refractivity contribution in [2.75, 3.05) is 0 Å². The second kappa shape index (κ2) is 12.6. The minimum atomic E-state index is -0.407. The third-order valence-electron chi connectivity index (χ3n) is 8.74. The van der Waals surface area contributed by atoms with Gasteiger partial charge in [0.1, 0.15) is 11.4 Å². The monoisotopic (exact) mass is 654 g/mol. The number of nitro benzene ring substituents is 1. The van der Waals surface area contributed by atoms with E-state index in [0.29, 0.717) is 68.8 Å². The summed E-state index contributed by atoms with van der Waals surface area (Å²) in [6.45, 7) is 0. The predicted octanol–water partition coefficient (Wildman–Crippen LogP) is 9.49. The summed E-state index contributed by atoms with van der Waals surface area (Å²) in [6.07, 6.45) is 4.51. The fraction of sp³-hybridized carbons (Fsp3) is 0.0500. The molecule has 2 aromatic heterocycles. The molecule has 0 unspecified atom stereocenters. The average molecular weight is 655 g/mol. The first-order valence-electron chi connectivity index (χ1n) is 16.0. The van der Waals surface area contributed by atoms with Crippen molar-refractivity contribution in [1.82, 2.24) is 19.9 Å². The Hall–Kier alpha value is -6.94. The molecule has 8 rings (SSSR count). The first-order chi connectivity index (χ1) is 24.4. The first-order valence-corrected chi connectivity index (χ1v) is 16.0. The molecule has 240 valence electrons. The topological polar surface area (TPSA) is 138 Å². The highest BCUT2D eigenvalue weighted by Crippen LogP contribution is 2.38. The third-order valence-corrected chi connectivity index (χ3v) is 8.74. The second-order valence-electron chi connectivity index (χ2n) is 11.8. The smallest absolute Gasteiger partial charge is 0.258 e. The number of aromatic nitrogens is 4. The highest BCUT2D eigenvalue weighted by Gasteiger charge is 2.26. The van der Waals surface area contributed by atoms with Crippen molar-refractivity contribution in [3.05, 3.63) is 165 Å². The molecule has 10 heteroatoms. The van der Waals surface area contributed by atoms with Crippen LogP contribution in [-0.4, -0.2) is 29.8 Å². The molecule has 5 aromatic carbocycles. The molecule has 0 atom stereocenters. The van der Waals surface area contributed by atoms with Gasteiger partial charge in [0, 0.05) is 23.3 Å². The van der Waals surface area contributed by atoms with Gasteiger partial charge in [-0.3, -0.25) is 20.2 Å². The van der Waals surface area contributed by atoms with E-state index in [1.165, 1.54) is 6.07 Å². The third kappa shape index (κ3) is 5.54. The lowest BCUT2D eigenvalue weighted by atomic mass is 9.95. The minimum absolute atomic E-state index is 0.0285. The Kier molecular flexibility index (Phi) is 7.65. The molecule has 1 aliphatic carbocycles. The van der Waals surface area contributed by atoms with E-state index in [4.69, 9.17) is 19.9 Å². The van der Waals surface area contributed by atoms with Gasteiger partial charge >= 0.3 is 0 Å². The van der Waals surface area contributed by atoms with Crippen LogP contribution in [0.25, 0.3) is 72.5 Å². The molecule has 0 aliphatic heterocycles. The number of rotatable bonds is 7. The van der Waals surface area contributed by atoms with Crippen LogP contribution in [0.15, 0.2) is 139 Å². The molecular weight excluding hydrogens is 628 g/mol. The zero-order valence-corrected chi connectivity index (χ0v) is 26.4. The van der Waals surface area contributed by atoms with E-state index in [-0.39, 0.29) is 16.3 Å². The Morgan fingerprint density at radius 2 is 1.02 bits per heavy atom. The molecule has 1 aliphatic rings. The van der Waals surface area contributed by atoms with Gasteiger partial charge in [-0.1, -0.05) is 91.0 Å². The van der Waals surface area contributed by atoms with Crippen LogP contribution in [0.1, 0.15) is 18.5 Å². The Morgan fingerprint density at radius 3 is 1.62 bits per heavy atom. The molecular formula is C40H26N6O4. The maximum atomic E-state index is 12.1. The Balaban J connectivity index is 1.29. The molecule has 0 radical (unpaired) electrons. The highest BCUT2D eigenvalue weighted by atomic mass is 16.6. The SMILES string of the molecule is O=[N+]([O-])C1=C(c2nc3cc(-c4ccc5nc(-c6ccccc6[N+](=O)[O-])c(-c6ccccc6)nc5c4)ccc3nc2-c2ccccc2)CCC=C1. The maximum absolute atomic E-state index is 12.1. The largest absolute Gasteiger partial charge is 0.278 e. The molecule has 0 N–H and O–H groups in total. The maximum Gasteiger partial charge on any atom is 0.278 e. The molecule has 0 spiro atoms. The van der Waals surface area contributed by atoms with Gasteiger partial charge in [-0.05, 0) is 54.3 Å². The van der Waals surface area contributed by atoms with Gasteiger partial charge in [-0.2, -0.15) is 0 Å². The van der Waals surface area contributed by atoms with Crippen LogP contribution < -0.4 is 0 Å². The summed E-state index contributed by atoms with van der Waals surface area (Å²) in [4.78, 5) is 43.2. The molecule has 0 bridgehead atoms. The first kappa shape index (κ1) is 30.4. The predicted molar refractivity (Wildman–Crippen MR) is 193 cm³/mol. The minimum Gasteiger partial charge on any atom is -0.258 e. The lowest BCUT2D eigenvalue weighted by Crippen LogP contribution is -2.07. The quantitative estimate of drug-likeness (QED) is 0.122. The van der Waals surface area contributed by atoms with Crippen molar-refractivity contribution >= 4 is 33.3 Å². The zero-order chi connectivity index (χ0) is 34.2. The molecule has 0 saturated carbocycles. The lowest BCUT2D eigenvalue weighted by molar-refractivity contribution is -0.418. The van der Waals surface area contributed by atoms with Crippen molar-refractivity contribution < 1.29 is 9.85 Å². The van der Waals surface area contributed by atoms with Crippen molar-refractivity contribution in [3.8, 4) is 44.9 Å². The fourth-order valence-electron chi connectivity index (χ4n) is 6.36. The fourth-order valence-corrected chi connectivity index (χ4v) is 6.36. The van der Waals surface area contributed by atoms with Crippen LogP contribution >= 0.6 is 0 Å². The van der Waals surface area contributed by atoms with Crippen molar-refractivity contribution in [1.29, 1.82) is 0 Å². The summed E-state index contributed by atoms with van der Waals surface area (Å²) in [7, 11) is 0. The normalized spacial score (nSPS) is 12.8. The Labute approximate surface area is 285 Å². The number of benzene rings is 5. The van der Waals surface area contributed by atoms with E-state index in [1.807, 2.05) is 103 Å². The number of nitrogens with zero attached hydrogens (tertiary/aromatic N) is 6. The van der Waals surface area contributed by atoms with Crippen LogP contribution in [0.5, 0.6) is 0 Å². The molecule has 7 aromatic rings. The van der Waals surface area contributed by atoms with Crippen LogP contribution in [0.2, 0.25) is 0 Å². The standard InChI is InChI=1S/C40H26N6O4/c47-45(48)35-17-9-7-15-29(35)39-38(26-13-5-2-6-14-26)43-33-23-27(20-22-32(33)42-39)28-19-21-31-34(24-28)44-40(30-16-8-10-18-36(30)46(49)50)37(41-31)25-11-3-1-4-12-25/h1-7,9-15,17-24H,8,16H2. The molecule has 50 heavy (non-hydrogen) atoms. The van der Waals surface area contributed by atoms with Gasteiger partial charge in [0.2, 0.25) is 0 Å². The summed E-state index contributed by atoms with van der Waals surface area (Å²) in [5, 5.41) is 24.0. The van der Waals surface area contributed by atoms with E-state index in [2.05, 4.69) is 0 Å². The number of hydrogen-bond acceptors (Lipinski definition) is 8. The number of fused-ring (bicyclic) bond motifs is 2. The van der Waals surface area contributed by atoms with E-state index in [9.17, 15) is 20.2 Å². The van der Waals surface area contributed by atoms with E-state index in [0.717, 1.165) is 22.3 Å². The van der Waals surface area contributed by atoms with Gasteiger partial charge in [-0.15, -0.1) is 0 Å². The number of para-hydroxylation sites is 1. The molecule has 0 fully saturated rings. The molecule has 0 saturated heterocycles. The number of allylic oxidation sites excluding steroid dienone is 3. The van der Waals surface area contributed by atoms with Crippen LogP contribution in [-0.2, 0) is 0 Å². The Bertz CT molecular complexity index is 2550. The summed E-state index contributed by atoms with van der Waals surface area (Å²) in [6, 6.07) is 37.1. The van der Waals surface area contributed by atoms with E-state index >= 15 is 0 Å². The second-order valence-corrected chi connectivity index (χ2v) is 11.8. The number of hydrogen-bond donors (Lipinski definition) is 0. The van der Waals surface area contributed by atoms with Crippen LogP contribution in [0.4, 0.5) is 5.69 Å². The van der Waals surface area contributed by atoms with Gasteiger partial charge < -0.3 is 0 Å². The summed E-state index contributed by atoms with van der Waals surface area (Å²) in [5.41, 5.74) is 8.75. The Morgan fingerprint density at radius 1 is 0.500 bits per heavy atom.